The van der Waals surface area contributed by atoms with Crippen molar-refractivity contribution in [1.82, 2.24) is 5.32 Å². The van der Waals surface area contributed by atoms with Crippen molar-refractivity contribution < 1.29 is 13.7 Å². The Morgan fingerprint density at radius 1 is 1.19 bits per heavy atom. The summed E-state index contributed by atoms with van der Waals surface area (Å²) in [6.45, 7) is 0.314. The number of hydrogen-bond acceptors (Lipinski definition) is 3. The van der Waals surface area contributed by atoms with Crippen LogP contribution in [0.4, 0.5) is 4.39 Å². The molecule has 0 amide bonds. The monoisotopic (exact) mass is 307 g/mol. The first-order valence-electron chi connectivity index (χ1n) is 6.63. The molecule has 0 aromatic heterocycles. The number of halogens is 1. The third-order valence-corrected chi connectivity index (χ3v) is 4.21. The Hall–Kier alpha value is -1.56. The van der Waals surface area contributed by atoms with Crippen LogP contribution in [0.15, 0.2) is 53.4 Å². The minimum Gasteiger partial charge on any atom is -0.394 e. The van der Waals surface area contributed by atoms with Crippen LogP contribution in [-0.2, 0) is 17.3 Å². The molecule has 2 aromatic rings. The average Bonchev–Trinajstić information content (AvgIpc) is 2.50. The van der Waals surface area contributed by atoms with Crippen molar-refractivity contribution >= 4 is 10.8 Å². The molecule has 0 saturated carbocycles. The predicted molar refractivity (Wildman–Crippen MR) is 81.8 cm³/mol. The van der Waals surface area contributed by atoms with E-state index in [-0.39, 0.29) is 12.4 Å². The van der Waals surface area contributed by atoms with Gasteiger partial charge in [0.25, 0.3) is 0 Å². The third-order valence-electron chi connectivity index (χ3n) is 3.27. The predicted octanol–water partition coefficient (Wildman–Crippen LogP) is 2.39. The lowest BCUT2D eigenvalue weighted by molar-refractivity contribution is 0.240. The normalized spacial score (nSPS) is 13.9. The molecule has 0 aliphatic heterocycles. The zero-order valence-electron chi connectivity index (χ0n) is 11.8. The van der Waals surface area contributed by atoms with Gasteiger partial charge in [-0.2, -0.15) is 0 Å². The van der Waals surface area contributed by atoms with Gasteiger partial charge in [-0.3, -0.25) is 4.21 Å². The fourth-order valence-corrected chi connectivity index (χ4v) is 2.59. The maximum atomic E-state index is 13.7. The number of aliphatic hydroxyl groups is 1. The van der Waals surface area contributed by atoms with Gasteiger partial charge in [-0.05, 0) is 23.8 Å². The van der Waals surface area contributed by atoms with Crippen molar-refractivity contribution in [1.29, 1.82) is 0 Å². The average molecular weight is 307 g/mol. The molecule has 0 aliphatic carbocycles. The molecule has 0 fully saturated rings. The number of hydrogen-bond donors (Lipinski definition) is 2. The van der Waals surface area contributed by atoms with Crippen LogP contribution in [0.5, 0.6) is 0 Å². The van der Waals surface area contributed by atoms with Crippen LogP contribution in [-0.4, -0.2) is 22.2 Å². The van der Waals surface area contributed by atoms with Gasteiger partial charge in [-0.25, -0.2) is 4.39 Å². The summed E-state index contributed by atoms with van der Waals surface area (Å²) in [6.07, 6.45) is 1.63. The van der Waals surface area contributed by atoms with Crippen LogP contribution in [0.1, 0.15) is 17.2 Å². The molecule has 0 aliphatic rings. The van der Waals surface area contributed by atoms with Gasteiger partial charge in [0.1, 0.15) is 5.82 Å². The van der Waals surface area contributed by atoms with Crippen molar-refractivity contribution in [3.05, 3.63) is 65.5 Å². The van der Waals surface area contributed by atoms with Crippen LogP contribution in [0.25, 0.3) is 0 Å². The number of nitrogens with one attached hydrogen (secondary N) is 1. The Morgan fingerprint density at radius 2 is 1.86 bits per heavy atom. The van der Waals surface area contributed by atoms with E-state index in [4.69, 9.17) is 0 Å². The van der Waals surface area contributed by atoms with E-state index >= 15 is 0 Å². The Kier molecular flexibility index (Phi) is 5.61. The topological polar surface area (TPSA) is 49.3 Å². The summed E-state index contributed by atoms with van der Waals surface area (Å²) >= 11 is 0. The summed E-state index contributed by atoms with van der Waals surface area (Å²) in [5.41, 5.74) is 1.44. The van der Waals surface area contributed by atoms with Gasteiger partial charge < -0.3 is 10.4 Å². The summed E-state index contributed by atoms with van der Waals surface area (Å²) in [6, 6.07) is 13.3. The number of rotatable bonds is 6. The van der Waals surface area contributed by atoms with Gasteiger partial charge in [0.2, 0.25) is 0 Å². The van der Waals surface area contributed by atoms with Crippen molar-refractivity contribution in [2.75, 3.05) is 12.9 Å². The molecule has 0 unspecified atom stereocenters. The van der Waals surface area contributed by atoms with Crippen LogP contribution < -0.4 is 5.32 Å². The van der Waals surface area contributed by atoms with E-state index < -0.39 is 16.8 Å². The standard InChI is InChI=1S/C16H18FNO2S/c1-21(20)13-8-6-12(7-9-13)10-18-16(11-19)14-4-2-3-5-15(14)17/h2-9,16,18-19H,10-11H2,1H3/t16-,21-/m1/s1. The molecule has 0 heterocycles. The van der Waals surface area contributed by atoms with Gasteiger partial charge in [-0.15, -0.1) is 0 Å². The lowest BCUT2D eigenvalue weighted by atomic mass is 10.1. The van der Waals surface area contributed by atoms with Crippen molar-refractivity contribution in [2.45, 2.75) is 17.5 Å². The van der Waals surface area contributed by atoms with Gasteiger partial charge in [0.15, 0.2) is 0 Å². The quantitative estimate of drug-likeness (QED) is 0.861. The molecule has 2 atom stereocenters. The smallest absolute Gasteiger partial charge is 0.128 e. The minimum absolute atomic E-state index is 0.183. The van der Waals surface area contributed by atoms with Crippen LogP contribution in [0.2, 0.25) is 0 Å². The zero-order valence-corrected chi connectivity index (χ0v) is 12.6. The number of aliphatic hydroxyl groups excluding tert-OH is 1. The van der Waals surface area contributed by atoms with Gasteiger partial charge in [0, 0.05) is 34.1 Å². The largest absolute Gasteiger partial charge is 0.394 e. The Labute approximate surface area is 126 Å². The summed E-state index contributed by atoms with van der Waals surface area (Å²) in [5, 5.41) is 12.6. The molecule has 0 radical (unpaired) electrons. The Balaban J connectivity index is 2.03. The summed E-state index contributed by atoms with van der Waals surface area (Å²) in [5.74, 6) is -0.333. The van der Waals surface area contributed by atoms with E-state index in [0.29, 0.717) is 12.1 Å². The number of benzene rings is 2. The second-order valence-corrected chi connectivity index (χ2v) is 6.12. The highest BCUT2D eigenvalue weighted by atomic mass is 32.2. The maximum Gasteiger partial charge on any atom is 0.128 e. The highest BCUT2D eigenvalue weighted by Crippen LogP contribution is 2.17. The lowest BCUT2D eigenvalue weighted by Gasteiger charge is -2.17. The van der Waals surface area contributed by atoms with Crippen LogP contribution >= 0.6 is 0 Å². The molecule has 2 aromatic carbocycles. The van der Waals surface area contributed by atoms with E-state index in [9.17, 15) is 13.7 Å². The van der Waals surface area contributed by atoms with E-state index in [2.05, 4.69) is 5.32 Å². The molecular weight excluding hydrogens is 289 g/mol. The molecule has 0 saturated heterocycles. The van der Waals surface area contributed by atoms with E-state index in [0.717, 1.165) is 10.5 Å². The third kappa shape index (κ3) is 4.20. The van der Waals surface area contributed by atoms with E-state index in [1.54, 1.807) is 24.5 Å². The highest BCUT2D eigenvalue weighted by Gasteiger charge is 2.13. The highest BCUT2D eigenvalue weighted by molar-refractivity contribution is 7.84. The van der Waals surface area contributed by atoms with Gasteiger partial charge in [-0.1, -0.05) is 30.3 Å². The van der Waals surface area contributed by atoms with E-state index in [1.807, 2.05) is 24.3 Å². The fraction of sp³-hybridized carbons (Fsp3) is 0.250. The second-order valence-electron chi connectivity index (χ2n) is 4.74. The summed E-state index contributed by atoms with van der Waals surface area (Å²) < 4.78 is 25.0. The molecule has 112 valence electrons. The van der Waals surface area contributed by atoms with Crippen molar-refractivity contribution in [3.8, 4) is 0 Å². The van der Waals surface area contributed by atoms with Crippen LogP contribution in [0, 0.1) is 5.82 Å². The zero-order chi connectivity index (χ0) is 15.2. The molecule has 21 heavy (non-hydrogen) atoms. The first-order chi connectivity index (χ1) is 10.1. The van der Waals surface area contributed by atoms with Gasteiger partial charge in [0.05, 0.1) is 12.6 Å². The van der Waals surface area contributed by atoms with E-state index in [1.165, 1.54) is 6.07 Å². The first kappa shape index (κ1) is 15.8. The minimum atomic E-state index is -0.994. The molecule has 5 heteroatoms. The Bertz CT molecular complexity index is 616. The molecule has 0 spiro atoms. The second kappa shape index (κ2) is 7.45. The molecule has 2 N–H and O–H groups in total. The van der Waals surface area contributed by atoms with Crippen LogP contribution in [0.3, 0.4) is 0 Å². The molecule has 2 rings (SSSR count). The Morgan fingerprint density at radius 3 is 2.43 bits per heavy atom. The molecule has 3 nitrogen and oxygen atoms in total. The fourth-order valence-electron chi connectivity index (χ4n) is 2.07. The van der Waals surface area contributed by atoms with Crippen molar-refractivity contribution in [2.24, 2.45) is 0 Å². The first-order valence-corrected chi connectivity index (χ1v) is 8.18. The summed E-state index contributed by atoms with van der Waals surface area (Å²) in [4.78, 5) is 0.770. The van der Waals surface area contributed by atoms with Gasteiger partial charge >= 0.3 is 0 Å². The molecule has 0 bridgehead atoms. The SMILES string of the molecule is C[S@@](=O)c1ccc(CN[C@H](CO)c2ccccc2F)cc1. The lowest BCUT2D eigenvalue weighted by Crippen LogP contribution is -2.24. The summed E-state index contributed by atoms with van der Waals surface area (Å²) in [7, 11) is -0.994. The van der Waals surface area contributed by atoms with Crippen molar-refractivity contribution in [3.63, 3.8) is 0 Å². The maximum absolute atomic E-state index is 13.7. The molecular formula is C16H18FNO2S.